The van der Waals surface area contributed by atoms with Crippen LogP contribution in [0.15, 0.2) is 24.3 Å². The third-order valence-corrected chi connectivity index (χ3v) is 3.72. The van der Waals surface area contributed by atoms with E-state index in [1.165, 1.54) is 0 Å². The van der Waals surface area contributed by atoms with Gasteiger partial charge in [0.15, 0.2) is 0 Å². The van der Waals surface area contributed by atoms with Gasteiger partial charge in [0.2, 0.25) is 0 Å². The monoisotopic (exact) mass is 301 g/mol. The summed E-state index contributed by atoms with van der Waals surface area (Å²) in [5.74, 6) is 0. The maximum Gasteiger partial charge on any atom is 0.411 e. The Labute approximate surface area is 121 Å². The minimum atomic E-state index is -4.41. The predicted molar refractivity (Wildman–Crippen MR) is 74.1 cm³/mol. The molecule has 3 N–H and O–H groups in total. The molecule has 0 aliphatic heterocycles. The molecule has 0 spiro atoms. The predicted octanol–water partition coefficient (Wildman–Crippen LogP) is 3.18. The van der Waals surface area contributed by atoms with Crippen LogP contribution in [0.4, 0.5) is 23.7 Å². The van der Waals surface area contributed by atoms with Crippen LogP contribution in [0.2, 0.25) is 0 Å². The van der Waals surface area contributed by atoms with Crippen LogP contribution >= 0.6 is 0 Å². The van der Waals surface area contributed by atoms with E-state index < -0.39 is 17.7 Å². The number of urea groups is 1. The molecule has 2 amide bonds. The van der Waals surface area contributed by atoms with Crippen LogP contribution in [0.3, 0.4) is 0 Å². The van der Waals surface area contributed by atoms with Crippen molar-refractivity contribution >= 4 is 11.7 Å². The number of rotatable bonds is 4. The first-order valence-electron chi connectivity index (χ1n) is 6.70. The summed E-state index contributed by atoms with van der Waals surface area (Å²) in [6, 6.07) is 6.24. The summed E-state index contributed by atoms with van der Waals surface area (Å²) in [4.78, 5) is 11.7. The second kappa shape index (κ2) is 5.55. The van der Waals surface area contributed by atoms with E-state index >= 15 is 0 Å². The number of amides is 2. The molecule has 1 saturated carbocycles. The van der Waals surface area contributed by atoms with E-state index in [2.05, 4.69) is 10.6 Å². The molecule has 0 radical (unpaired) electrons. The van der Waals surface area contributed by atoms with Crippen molar-refractivity contribution in [3.63, 3.8) is 0 Å². The molecule has 1 aromatic carbocycles. The number of halogens is 3. The van der Waals surface area contributed by atoms with Gasteiger partial charge in [-0.3, -0.25) is 0 Å². The lowest BCUT2D eigenvalue weighted by atomic mass is 10.1. The lowest BCUT2D eigenvalue weighted by Crippen LogP contribution is -2.49. The van der Waals surface area contributed by atoms with Gasteiger partial charge in [-0.2, -0.15) is 13.2 Å². The molecule has 21 heavy (non-hydrogen) atoms. The van der Waals surface area contributed by atoms with Gasteiger partial charge in [-0.05, 0) is 44.5 Å². The number of carbonyl (C=O) groups excluding carboxylic acids is 1. The van der Waals surface area contributed by atoms with Gasteiger partial charge in [0.1, 0.15) is 5.54 Å². The van der Waals surface area contributed by atoms with Crippen molar-refractivity contribution < 1.29 is 18.0 Å². The molecule has 2 rings (SSSR count). The lowest BCUT2D eigenvalue weighted by molar-refractivity contribution is -0.162. The van der Waals surface area contributed by atoms with Gasteiger partial charge in [0, 0.05) is 11.7 Å². The number of anilines is 1. The van der Waals surface area contributed by atoms with Crippen molar-refractivity contribution in [3.8, 4) is 0 Å². The number of hydrogen-bond donors (Lipinski definition) is 3. The second-order valence-corrected chi connectivity index (χ2v) is 5.29. The average Bonchev–Trinajstić information content (AvgIpc) is 3.18. The van der Waals surface area contributed by atoms with Crippen LogP contribution in [0.1, 0.15) is 31.4 Å². The van der Waals surface area contributed by atoms with E-state index in [4.69, 9.17) is 0 Å². The molecule has 1 unspecified atom stereocenters. The Kier molecular flexibility index (Phi) is 4.13. The maximum absolute atomic E-state index is 12.8. The first-order chi connectivity index (χ1) is 9.77. The van der Waals surface area contributed by atoms with Crippen LogP contribution in [0.25, 0.3) is 0 Å². The second-order valence-electron chi connectivity index (χ2n) is 5.29. The molecule has 4 nitrogen and oxygen atoms in total. The molecule has 0 aromatic heterocycles. The molecule has 1 fully saturated rings. The van der Waals surface area contributed by atoms with Crippen LogP contribution in [-0.4, -0.2) is 24.8 Å². The summed E-state index contributed by atoms with van der Waals surface area (Å²) in [5, 5.41) is 7.53. The molecule has 1 aliphatic rings. The number of hydrogen-bond acceptors (Lipinski definition) is 2. The van der Waals surface area contributed by atoms with Crippen molar-refractivity contribution in [2.24, 2.45) is 0 Å². The molecule has 0 saturated heterocycles. The van der Waals surface area contributed by atoms with Gasteiger partial charge in [0.05, 0.1) is 0 Å². The summed E-state index contributed by atoms with van der Waals surface area (Å²) in [6.45, 7) is 1.95. The fraction of sp³-hybridized carbons (Fsp3) is 0.500. The summed E-state index contributed by atoms with van der Waals surface area (Å²) >= 11 is 0. The minimum Gasteiger partial charge on any atom is -0.323 e. The quantitative estimate of drug-likeness (QED) is 0.800. The minimum absolute atomic E-state index is 0.0687. The Morgan fingerprint density at radius 2 is 2.00 bits per heavy atom. The SMILES string of the molecule is CNC(C)c1cccc(NC(=O)NC2(C(F)(F)F)CC2)c1. The Hall–Kier alpha value is -1.76. The highest BCUT2D eigenvalue weighted by Gasteiger charge is 2.64. The van der Waals surface area contributed by atoms with Crippen LogP contribution in [-0.2, 0) is 0 Å². The molecular weight excluding hydrogens is 283 g/mol. The van der Waals surface area contributed by atoms with E-state index in [0.717, 1.165) is 5.56 Å². The van der Waals surface area contributed by atoms with Crippen LogP contribution in [0, 0.1) is 0 Å². The van der Waals surface area contributed by atoms with Crippen LogP contribution < -0.4 is 16.0 Å². The first kappa shape index (κ1) is 15.6. The number of benzene rings is 1. The van der Waals surface area contributed by atoms with E-state index in [9.17, 15) is 18.0 Å². The standard InChI is InChI=1S/C14H18F3N3O/c1-9(18-2)10-4-3-5-11(8-10)19-12(21)20-13(6-7-13)14(15,16)17/h3-5,8-9,18H,6-7H2,1-2H3,(H2,19,20,21). The van der Waals surface area contributed by atoms with Crippen LogP contribution in [0.5, 0.6) is 0 Å². The normalized spacial score (nSPS) is 18.0. The lowest BCUT2D eigenvalue weighted by Gasteiger charge is -2.21. The van der Waals surface area contributed by atoms with E-state index in [-0.39, 0.29) is 18.9 Å². The molecule has 7 heteroatoms. The highest BCUT2D eigenvalue weighted by molar-refractivity contribution is 5.90. The Morgan fingerprint density at radius 1 is 1.33 bits per heavy atom. The van der Waals surface area contributed by atoms with E-state index in [1.807, 2.05) is 18.3 Å². The summed E-state index contributed by atoms with van der Waals surface area (Å²) in [5.41, 5.74) is -0.648. The van der Waals surface area contributed by atoms with Gasteiger partial charge in [0.25, 0.3) is 0 Å². The fourth-order valence-electron chi connectivity index (χ4n) is 2.04. The third-order valence-electron chi connectivity index (χ3n) is 3.72. The largest absolute Gasteiger partial charge is 0.411 e. The first-order valence-corrected chi connectivity index (χ1v) is 6.70. The van der Waals surface area contributed by atoms with Crippen molar-refractivity contribution in [1.82, 2.24) is 10.6 Å². The highest BCUT2D eigenvalue weighted by Crippen LogP contribution is 2.48. The van der Waals surface area contributed by atoms with Gasteiger partial charge in [-0.15, -0.1) is 0 Å². The third kappa shape index (κ3) is 3.47. The summed E-state index contributed by atoms with van der Waals surface area (Å²) in [7, 11) is 1.80. The van der Waals surface area contributed by atoms with Crippen molar-refractivity contribution in [2.45, 2.75) is 37.5 Å². The Balaban J connectivity index is 2.01. The van der Waals surface area contributed by atoms with Crippen molar-refractivity contribution in [3.05, 3.63) is 29.8 Å². The maximum atomic E-state index is 12.8. The molecule has 116 valence electrons. The summed E-state index contributed by atoms with van der Waals surface area (Å²) in [6.07, 6.45) is -4.55. The summed E-state index contributed by atoms with van der Waals surface area (Å²) < 4.78 is 38.3. The van der Waals surface area contributed by atoms with Gasteiger partial charge in [-0.1, -0.05) is 12.1 Å². The molecule has 1 aromatic rings. The zero-order chi connectivity index (χ0) is 15.7. The van der Waals surface area contributed by atoms with Gasteiger partial charge in [-0.25, -0.2) is 4.79 Å². The van der Waals surface area contributed by atoms with E-state index in [1.54, 1.807) is 25.2 Å². The average molecular weight is 301 g/mol. The fourth-order valence-corrected chi connectivity index (χ4v) is 2.04. The molecule has 1 aliphatic carbocycles. The zero-order valence-electron chi connectivity index (χ0n) is 11.8. The van der Waals surface area contributed by atoms with Gasteiger partial charge < -0.3 is 16.0 Å². The number of nitrogens with one attached hydrogen (secondary N) is 3. The smallest absolute Gasteiger partial charge is 0.323 e. The molecule has 1 atom stereocenters. The Bertz CT molecular complexity index is 526. The zero-order valence-corrected chi connectivity index (χ0v) is 11.8. The van der Waals surface area contributed by atoms with Crippen molar-refractivity contribution in [1.29, 1.82) is 0 Å². The number of carbonyl (C=O) groups is 1. The van der Waals surface area contributed by atoms with E-state index in [0.29, 0.717) is 5.69 Å². The van der Waals surface area contributed by atoms with Crippen molar-refractivity contribution in [2.75, 3.05) is 12.4 Å². The molecule has 0 heterocycles. The molecular formula is C14H18F3N3O. The highest BCUT2D eigenvalue weighted by atomic mass is 19.4. The number of alkyl halides is 3. The topological polar surface area (TPSA) is 53.2 Å². The Morgan fingerprint density at radius 3 is 2.52 bits per heavy atom. The van der Waals surface area contributed by atoms with Gasteiger partial charge >= 0.3 is 12.2 Å². The molecule has 0 bridgehead atoms.